The normalized spacial score (nSPS) is 13.3. The predicted molar refractivity (Wildman–Crippen MR) is 112 cm³/mol. The Morgan fingerprint density at radius 1 is 1.41 bits per heavy atom. The van der Waals surface area contributed by atoms with Gasteiger partial charge in [-0.15, -0.1) is 0 Å². The molecular formula is C21H28N4O2. The van der Waals surface area contributed by atoms with Crippen molar-refractivity contribution in [2.45, 2.75) is 39.3 Å². The number of pyridine rings is 2. The average Bonchev–Trinajstić information content (AvgIpc) is 2.57. The summed E-state index contributed by atoms with van der Waals surface area (Å²) in [7, 11) is 1.72. The number of hydrogen-bond donors (Lipinski definition) is 3. The van der Waals surface area contributed by atoms with Gasteiger partial charge < -0.3 is 20.7 Å². The molecule has 0 bridgehead atoms. The molecule has 2 rings (SSSR count). The maximum atomic E-state index is 12.6. The molecule has 0 saturated heterocycles. The van der Waals surface area contributed by atoms with Crippen LogP contribution >= 0.6 is 0 Å². The molecule has 2 aromatic heterocycles. The highest BCUT2D eigenvalue weighted by Crippen LogP contribution is 2.25. The molecular weight excluding hydrogens is 340 g/mol. The fourth-order valence-electron chi connectivity index (χ4n) is 2.52. The summed E-state index contributed by atoms with van der Waals surface area (Å²) in [4.78, 5) is 17.3. The van der Waals surface area contributed by atoms with E-state index in [4.69, 9.17) is 5.73 Å². The molecule has 0 fully saturated rings. The van der Waals surface area contributed by atoms with Crippen molar-refractivity contribution in [3.8, 4) is 0 Å². The lowest BCUT2D eigenvalue weighted by Gasteiger charge is -2.17. The molecule has 6 nitrogen and oxygen atoms in total. The van der Waals surface area contributed by atoms with Gasteiger partial charge in [0.05, 0.1) is 16.7 Å². The third kappa shape index (κ3) is 4.65. The summed E-state index contributed by atoms with van der Waals surface area (Å²) in [6.45, 7) is 11.1. The summed E-state index contributed by atoms with van der Waals surface area (Å²) < 4.78 is 1.53. The maximum Gasteiger partial charge on any atom is 0.261 e. The van der Waals surface area contributed by atoms with Gasteiger partial charge in [0.15, 0.2) is 0 Å². The summed E-state index contributed by atoms with van der Waals surface area (Å²) in [5.41, 5.74) is 6.41. The summed E-state index contributed by atoms with van der Waals surface area (Å²) in [5.74, 6) is 0.533. The summed E-state index contributed by atoms with van der Waals surface area (Å²) >= 11 is 0. The van der Waals surface area contributed by atoms with Gasteiger partial charge >= 0.3 is 0 Å². The van der Waals surface area contributed by atoms with Gasteiger partial charge in [-0.3, -0.25) is 4.79 Å². The Bertz CT molecular complexity index is 976. The number of allylic oxidation sites excluding steroid dienone is 4. The zero-order valence-corrected chi connectivity index (χ0v) is 16.6. The van der Waals surface area contributed by atoms with E-state index < -0.39 is 5.60 Å². The van der Waals surface area contributed by atoms with Crippen molar-refractivity contribution in [3.05, 3.63) is 64.9 Å². The minimum absolute atomic E-state index is 0.106. The van der Waals surface area contributed by atoms with Crippen molar-refractivity contribution in [3.63, 3.8) is 0 Å². The Balaban J connectivity index is 2.69. The number of hydrogen-bond acceptors (Lipinski definition) is 5. The molecule has 2 aromatic rings. The number of aryl methyl sites for hydroxylation is 1. The van der Waals surface area contributed by atoms with Crippen molar-refractivity contribution in [1.29, 1.82) is 0 Å². The number of nitrogens with one attached hydrogen (secondary N) is 1. The molecule has 27 heavy (non-hydrogen) atoms. The van der Waals surface area contributed by atoms with E-state index in [-0.39, 0.29) is 11.6 Å². The topological polar surface area (TPSA) is 93.2 Å². The van der Waals surface area contributed by atoms with Crippen LogP contribution in [0.15, 0.2) is 53.6 Å². The molecule has 6 heteroatoms. The second-order valence-electron chi connectivity index (χ2n) is 7.36. The van der Waals surface area contributed by atoms with E-state index in [1.165, 1.54) is 4.57 Å². The van der Waals surface area contributed by atoms with Crippen molar-refractivity contribution < 1.29 is 5.11 Å². The Kier molecular flexibility index (Phi) is 5.91. The van der Waals surface area contributed by atoms with E-state index in [1.54, 1.807) is 45.3 Å². The second kappa shape index (κ2) is 7.80. The molecule has 0 atom stereocenters. The Morgan fingerprint density at radius 3 is 2.63 bits per heavy atom. The number of fused-ring (bicyclic) bond motifs is 1. The quantitative estimate of drug-likeness (QED) is 0.682. The number of nitrogens with zero attached hydrogens (tertiary/aromatic N) is 2. The molecule has 2 heterocycles. The first-order valence-electron chi connectivity index (χ1n) is 8.84. The predicted octanol–water partition coefficient (Wildman–Crippen LogP) is 2.94. The Morgan fingerprint density at radius 2 is 2.07 bits per heavy atom. The Hall–Kier alpha value is -2.86. The zero-order valence-electron chi connectivity index (χ0n) is 16.6. The summed E-state index contributed by atoms with van der Waals surface area (Å²) in [6.07, 6.45) is 6.80. The van der Waals surface area contributed by atoms with Gasteiger partial charge in [-0.05, 0) is 56.9 Å². The van der Waals surface area contributed by atoms with E-state index >= 15 is 0 Å². The van der Waals surface area contributed by atoms with Gasteiger partial charge in [0, 0.05) is 25.0 Å². The highest BCUT2D eigenvalue weighted by Gasteiger charge is 2.16. The van der Waals surface area contributed by atoms with Crippen LogP contribution in [0.1, 0.15) is 33.4 Å². The molecule has 0 saturated carbocycles. The SMILES string of the molecule is C=C/C(=C\C=C(/N)C(C)(C)O)c1cc2ccn(C)c(=O)c2c(NC(C)C)n1. The van der Waals surface area contributed by atoms with E-state index in [1.807, 2.05) is 26.0 Å². The fourth-order valence-corrected chi connectivity index (χ4v) is 2.52. The lowest BCUT2D eigenvalue weighted by Crippen LogP contribution is -2.27. The molecule has 0 aliphatic rings. The average molecular weight is 368 g/mol. The van der Waals surface area contributed by atoms with Gasteiger partial charge in [-0.2, -0.15) is 0 Å². The lowest BCUT2D eigenvalue weighted by molar-refractivity contribution is 0.118. The van der Waals surface area contributed by atoms with Crippen molar-refractivity contribution in [2.24, 2.45) is 12.8 Å². The first kappa shape index (κ1) is 20.5. The van der Waals surface area contributed by atoms with Crippen LogP contribution in [0.4, 0.5) is 5.82 Å². The minimum atomic E-state index is -1.11. The minimum Gasteiger partial charge on any atom is -0.400 e. The van der Waals surface area contributed by atoms with Crippen LogP contribution in [0.2, 0.25) is 0 Å². The van der Waals surface area contributed by atoms with E-state index in [9.17, 15) is 9.90 Å². The van der Waals surface area contributed by atoms with Crippen molar-refractivity contribution in [2.75, 3.05) is 5.32 Å². The molecule has 0 aliphatic carbocycles. The molecule has 0 aliphatic heterocycles. The van der Waals surface area contributed by atoms with Crippen LogP contribution in [0.25, 0.3) is 16.3 Å². The van der Waals surface area contributed by atoms with Crippen LogP contribution in [0.3, 0.4) is 0 Å². The number of aromatic nitrogens is 2. The van der Waals surface area contributed by atoms with Crippen molar-refractivity contribution in [1.82, 2.24) is 9.55 Å². The molecule has 0 aromatic carbocycles. The standard InChI is InChI=1S/C21H28N4O2/c1-7-14(8-9-17(22)21(4,5)27)16-12-15-10-11-25(6)20(26)18(15)19(24-16)23-13(2)3/h7-13,27H,1,22H2,2-6H3,(H,23,24)/b14-8+,17-9-. The molecule has 144 valence electrons. The fraction of sp³-hybridized carbons (Fsp3) is 0.333. The van der Waals surface area contributed by atoms with E-state index in [0.717, 1.165) is 11.0 Å². The third-order valence-electron chi connectivity index (χ3n) is 4.15. The van der Waals surface area contributed by atoms with E-state index in [2.05, 4.69) is 16.9 Å². The zero-order chi connectivity index (χ0) is 20.4. The monoisotopic (exact) mass is 368 g/mol. The number of rotatable bonds is 6. The molecule has 0 unspecified atom stereocenters. The molecule has 0 radical (unpaired) electrons. The second-order valence-corrected chi connectivity index (χ2v) is 7.36. The smallest absolute Gasteiger partial charge is 0.261 e. The van der Waals surface area contributed by atoms with Gasteiger partial charge in [0.2, 0.25) is 0 Å². The maximum absolute atomic E-state index is 12.6. The first-order chi connectivity index (χ1) is 12.5. The van der Waals surface area contributed by atoms with E-state index in [0.29, 0.717) is 22.6 Å². The molecule has 4 N–H and O–H groups in total. The van der Waals surface area contributed by atoms with Gasteiger partial charge in [-0.1, -0.05) is 18.7 Å². The largest absolute Gasteiger partial charge is 0.400 e. The molecule has 0 amide bonds. The lowest BCUT2D eigenvalue weighted by atomic mass is 10.0. The highest BCUT2D eigenvalue weighted by atomic mass is 16.3. The van der Waals surface area contributed by atoms with Crippen LogP contribution in [-0.4, -0.2) is 26.3 Å². The number of nitrogens with two attached hydrogens (primary N) is 1. The highest BCUT2D eigenvalue weighted by molar-refractivity contribution is 5.94. The van der Waals surface area contributed by atoms with Crippen LogP contribution in [0.5, 0.6) is 0 Å². The number of aliphatic hydroxyl groups is 1. The van der Waals surface area contributed by atoms with Gasteiger partial charge in [0.1, 0.15) is 5.82 Å². The van der Waals surface area contributed by atoms with Crippen LogP contribution in [-0.2, 0) is 7.05 Å². The summed E-state index contributed by atoms with van der Waals surface area (Å²) in [6, 6.07) is 3.85. The van der Waals surface area contributed by atoms with Crippen LogP contribution in [0, 0.1) is 0 Å². The third-order valence-corrected chi connectivity index (χ3v) is 4.15. The van der Waals surface area contributed by atoms with Gasteiger partial charge in [-0.25, -0.2) is 4.98 Å². The van der Waals surface area contributed by atoms with Gasteiger partial charge in [0.25, 0.3) is 5.56 Å². The summed E-state index contributed by atoms with van der Waals surface area (Å²) in [5, 5.41) is 14.6. The van der Waals surface area contributed by atoms with Crippen molar-refractivity contribution >= 4 is 22.2 Å². The molecule has 0 spiro atoms. The number of anilines is 1. The van der Waals surface area contributed by atoms with Crippen LogP contribution < -0.4 is 16.6 Å². The first-order valence-corrected chi connectivity index (χ1v) is 8.84. The Labute approximate surface area is 159 Å².